The van der Waals surface area contributed by atoms with Crippen LogP contribution >= 0.6 is 0 Å². The molecule has 0 aliphatic heterocycles. The zero-order valence-corrected chi connectivity index (χ0v) is 14.0. The summed E-state index contributed by atoms with van der Waals surface area (Å²) in [4.78, 5) is 0.0776. The molecule has 2 rings (SSSR count). The summed E-state index contributed by atoms with van der Waals surface area (Å²) in [5.41, 5.74) is 1.85. The second-order valence-electron chi connectivity index (χ2n) is 5.36. The highest BCUT2D eigenvalue weighted by molar-refractivity contribution is 7.92. The number of ether oxygens (including phenoxy) is 1. The normalized spacial score (nSPS) is 11.1. The van der Waals surface area contributed by atoms with Gasteiger partial charge in [-0.2, -0.15) is 5.26 Å². The van der Waals surface area contributed by atoms with E-state index < -0.39 is 10.0 Å². The summed E-state index contributed by atoms with van der Waals surface area (Å²) in [6.07, 6.45) is 0. The minimum absolute atomic E-state index is 0.0776. The predicted octanol–water partition coefficient (Wildman–Crippen LogP) is 3.49. The van der Waals surface area contributed by atoms with Gasteiger partial charge in [-0.15, -0.1) is 0 Å². The van der Waals surface area contributed by atoms with Crippen LogP contribution in [0.5, 0.6) is 5.75 Å². The van der Waals surface area contributed by atoms with Gasteiger partial charge in [0, 0.05) is 5.69 Å². The van der Waals surface area contributed by atoms with Crippen molar-refractivity contribution in [1.82, 2.24) is 0 Å². The van der Waals surface area contributed by atoms with Crippen molar-refractivity contribution in [3.05, 3.63) is 53.6 Å². The number of sulfonamides is 1. The summed E-state index contributed by atoms with van der Waals surface area (Å²) in [6.45, 7) is 4.05. The summed E-state index contributed by atoms with van der Waals surface area (Å²) >= 11 is 0. The first-order valence-corrected chi connectivity index (χ1v) is 8.56. The fourth-order valence-electron chi connectivity index (χ4n) is 2.09. The summed E-state index contributed by atoms with van der Waals surface area (Å²) in [7, 11) is -2.33. The molecule has 0 saturated carbocycles. The Balaban J connectivity index is 2.37. The monoisotopic (exact) mass is 330 g/mol. The lowest BCUT2D eigenvalue weighted by Gasteiger charge is -2.14. The number of hydrogen-bond acceptors (Lipinski definition) is 4. The van der Waals surface area contributed by atoms with Crippen LogP contribution in [0.4, 0.5) is 5.69 Å². The van der Waals surface area contributed by atoms with E-state index in [-0.39, 0.29) is 10.8 Å². The van der Waals surface area contributed by atoms with Gasteiger partial charge in [0.25, 0.3) is 10.0 Å². The largest absolute Gasteiger partial charge is 0.495 e. The third-order valence-corrected chi connectivity index (χ3v) is 4.83. The fourth-order valence-corrected chi connectivity index (χ4v) is 3.30. The summed E-state index contributed by atoms with van der Waals surface area (Å²) in [6, 6.07) is 13.2. The van der Waals surface area contributed by atoms with Gasteiger partial charge in [0.2, 0.25) is 0 Å². The van der Waals surface area contributed by atoms with Crippen LogP contribution in [0.3, 0.4) is 0 Å². The molecule has 0 bridgehead atoms. The average molecular weight is 330 g/mol. The molecule has 0 heterocycles. The van der Waals surface area contributed by atoms with Gasteiger partial charge in [-0.05, 0) is 47.9 Å². The molecule has 120 valence electrons. The summed E-state index contributed by atoms with van der Waals surface area (Å²) in [5.74, 6) is 0.574. The highest BCUT2D eigenvalue weighted by Crippen LogP contribution is 2.29. The molecule has 0 aliphatic carbocycles. The van der Waals surface area contributed by atoms with E-state index in [1.54, 1.807) is 42.5 Å². The minimum atomic E-state index is -3.78. The molecule has 5 nitrogen and oxygen atoms in total. The number of anilines is 1. The van der Waals surface area contributed by atoms with Crippen LogP contribution in [0.15, 0.2) is 47.4 Å². The molecule has 0 saturated heterocycles. The highest BCUT2D eigenvalue weighted by Gasteiger charge is 2.20. The van der Waals surface area contributed by atoms with Crippen molar-refractivity contribution in [3.63, 3.8) is 0 Å². The van der Waals surface area contributed by atoms with Gasteiger partial charge in [0.15, 0.2) is 0 Å². The molecule has 2 aromatic carbocycles. The van der Waals surface area contributed by atoms with Gasteiger partial charge >= 0.3 is 0 Å². The molecular weight excluding hydrogens is 312 g/mol. The van der Waals surface area contributed by atoms with Gasteiger partial charge in [-0.3, -0.25) is 4.72 Å². The highest BCUT2D eigenvalue weighted by atomic mass is 32.2. The first kappa shape index (κ1) is 16.8. The van der Waals surface area contributed by atoms with Crippen molar-refractivity contribution in [2.45, 2.75) is 24.7 Å². The van der Waals surface area contributed by atoms with Crippen molar-refractivity contribution in [3.8, 4) is 11.8 Å². The number of methoxy groups -OCH3 is 1. The molecule has 0 radical (unpaired) electrons. The zero-order chi connectivity index (χ0) is 17.0. The molecule has 2 aromatic rings. The maximum Gasteiger partial charge on any atom is 0.265 e. The van der Waals surface area contributed by atoms with Crippen LogP contribution in [-0.4, -0.2) is 15.5 Å². The van der Waals surface area contributed by atoms with Crippen molar-refractivity contribution in [2.75, 3.05) is 11.8 Å². The number of nitrogens with one attached hydrogen (secondary N) is 1. The van der Waals surface area contributed by atoms with E-state index in [0.29, 0.717) is 17.0 Å². The summed E-state index contributed by atoms with van der Waals surface area (Å²) < 4.78 is 32.8. The van der Waals surface area contributed by atoms with E-state index in [4.69, 9.17) is 10.00 Å². The topological polar surface area (TPSA) is 79.2 Å². The second kappa shape index (κ2) is 6.71. The zero-order valence-electron chi connectivity index (χ0n) is 13.2. The second-order valence-corrected chi connectivity index (χ2v) is 7.01. The smallest absolute Gasteiger partial charge is 0.265 e. The Morgan fingerprint density at radius 1 is 1.13 bits per heavy atom. The molecule has 0 spiro atoms. The Labute approximate surface area is 136 Å². The van der Waals surface area contributed by atoms with Crippen molar-refractivity contribution in [2.24, 2.45) is 0 Å². The molecule has 1 N–H and O–H groups in total. The van der Waals surface area contributed by atoms with Crippen molar-refractivity contribution >= 4 is 15.7 Å². The van der Waals surface area contributed by atoms with E-state index >= 15 is 0 Å². The molecule has 0 aromatic heterocycles. The molecule has 0 fully saturated rings. The number of benzene rings is 2. The number of rotatable bonds is 5. The quantitative estimate of drug-likeness (QED) is 0.910. The van der Waals surface area contributed by atoms with Crippen LogP contribution in [0.25, 0.3) is 0 Å². The van der Waals surface area contributed by atoms with E-state index in [2.05, 4.69) is 4.72 Å². The lowest BCUT2D eigenvalue weighted by atomic mass is 10.0. The Morgan fingerprint density at radius 3 is 2.30 bits per heavy atom. The predicted molar refractivity (Wildman–Crippen MR) is 89.0 cm³/mol. The summed E-state index contributed by atoms with van der Waals surface area (Å²) in [5, 5.41) is 8.77. The Kier molecular flexibility index (Phi) is 4.92. The maximum atomic E-state index is 12.6. The molecule has 6 heteroatoms. The Hall–Kier alpha value is -2.52. The molecule has 0 aliphatic rings. The van der Waals surface area contributed by atoms with E-state index in [0.717, 1.165) is 5.56 Å². The van der Waals surface area contributed by atoms with Crippen molar-refractivity contribution in [1.29, 1.82) is 5.26 Å². The van der Waals surface area contributed by atoms with E-state index in [9.17, 15) is 8.42 Å². The van der Waals surface area contributed by atoms with Gasteiger partial charge in [-0.1, -0.05) is 19.9 Å². The van der Waals surface area contributed by atoms with Crippen LogP contribution in [-0.2, 0) is 10.0 Å². The van der Waals surface area contributed by atoms with Gasteiger partial charge < -0.3 is 4.74 Å². The van der Waals surface area contributed by atoms with Gasteiger partial charge in [0.1, 0.15) is 10.6 Å². The third-order valence-electron chi connectivity index (χ3n) is 3.41. The maximum absolute atomic E-state index is 12.6. The molecule has 23 heavy (non-hydrogen) atoms. The van der Waals surface area contributed by atoms with Gasteiger partial charge in [0.05, 0.1) is 18.7 Å². The number of hydrogen-bond donors (Lipinski definition) is 1. The lowest BCUT2D eigenvalue weighted by Crippen LogP contribution is -2.14. The Bertz CT molecular complexity index is 835. The number of nitrogens with zero attached hydrogens (tertiary/aromatic N) is 1. The van der Waals surface area contributed by atoms with Crippen LogP contribution in [0, 0.1) is 11.3 Å². The van der Waals surface area contributed by atoms with Crippen LogP contribution in [0.2, 0.25) is 0 Å². The van der Waals surface area contributed by atoms with Crippen LogP contribution < -0.4 is 9.46 Å². The van der Waals surface area contributed by atoms with E-state index in [1.807, 2.05) is 19.9 Å². The number of nitriles is 1. The molecule has 0 amide bonds. The van der Waals surface area contributed by atoms with Crippen molar-refractivity contribution < 1.29 is 13.2 Å². The SMILES string of the molecule is COc1cc(C(C)C)ccc1S(=O)(=O)Nc1ccc(C#N)cc1. The van der Waals surface area contributed by atoms with Gasteiger partial charge in [-0.25, -0.2) is 8.42 Å². The first-order valence-electron chi connectivity index (χ1n) is 7.08. The molecular formula is C17H18N2O3S. The minimum Gasteiger partial charge on any atom is -0.495 e. The average Bonchev–Trinajstić information content (AvgIpc) is 2.54. The fraction of sp³-hybridized carbons (Fsp3) is 0.235. The third kappa shape index (κ3) is 3.82. The molecule has 0 unspecified atom stereocenters. The lowest BCUT2D eigenvalue weighted by molar-refractivity contribution is 0.402. The Morgan fingerprint density at radius 2 is 1.78 bits per heavy atom. The van der Waals surface area contributed by atoms with Crippen LogP contribution in [0.1, 0.15) is 30.9 Å². The standard InChI is InChI=1S/C17H18N2O3S/c1-12(2)14-6-9-17(16(10-14)22-3)23(20,21)19-15-7-4-13(11-18)5-8-15/h4-10,12,19H,1-3H3. The molecule has 0 atom stereocenters. The van der Waals surface area contributed by atoms with E-state index in [1.165, 1.54) is 7.11 Å². The first-order chi connectivity index (χ1) is 10.9.